The van der Waals surface area contributed by atoms with E-state index >= 15 is 0 Å². The Bertz CT molecular complexity index is 354. The Balaban J connectivity index is 2.65. The minimum atomic E-state index is 0.0899. The van der Waals surface area contributed by atoms with E-state index in [1.165, 1.54) is 11.1 Å². The summed E-state index contributed by atoms with van der Waals surface area (Å²) in [7, 11) is 1.80. The topological polar surface area (TPSA) is 20.3 Å². The summed E-state index contributed by atoms with van der Waals surface area (Å²) in [4.78, 5) is 12.7. The molecule has 0 heterocycles. The third-order valence-corrected chi connectivity index (χ3v) is 2.44. The molecule has 80 valence electrons. The number of likely N-dealkylation sites (N-methyl/N-ethyl adjacent to an activating group) is 1. The van der Waals surface area contributed by atoms with Crippen molar-refractivity contribution < 1.29 is 4.79 Å². The molecule has 0 saturated carbocycles. The lowest BCUT2D eigenvalue weighted by Crippen LogP contribution is -2.23. The predicted octanol–water partition coefficient (Wildman–Crippen LogP) is 2.57. The summed E-state index contributed by atoms with van der Waals surface area (Å²) < 4.78 is 0. The number of carbonyl (C=O) groups is 1. The van der Waals surface area contributed by atoms with Crippen LogP contribution in [-0.4, -0.2) is 24.4 Å². The average molecular weight is 203 g/mol. The molecule has 1 aromatic carbocycles. The van der Waals surface area contributed by atoms with Crippen molar-refractivity contribution in [3.05, 3.63) is 42.0 Å². The van der Waals surface area contributed by atoms with Crippen LogP contribution in [0.3, 0.4) is 0 Å². The van der Waals surface area contributed by atoms with Gasteiger partial charge in [-0.1, -0.05) is 36.4 Å². The number of hydrogen-bond donors (Lipinski definition) is 0. The van der Waals surface area contributed by atoms with Crippen molar-refractivity contribution in [1.82, 2.24) is 4.90 Å². The number of carbonyl (C=O) groups excluding carboxylic acids is 1. The van der Waals surface area contributed by atoms with Gasteiger partial charge in [0.25, 0.3) is 0 Å². The van der Waals surface area contributed by atoms with Crippen molar-refractivity contribution in [2.75, 3.05) is 13.6 Å². The maximum atomic E-state index is 11.0. The first-order valence-electron chi connectivity index (χ1n) is 5.05. The monoisotopic (exact) mass is 203 g/mol. The van der Waals surface area contributed by atoms with Crippen LogP contribution in [0.2, 0.25) is 0 Å². The van der Waals surface area contributed by atoms with Gasteiger partial charge in [0.2, 0.25) is 5.91 Å². The highest BCUT2D eigenvalue weighted by Gasteiger charge is 1.99. The minimum absolute atomic E-state index is 0.0899. The molecule has 0 aromatic heterocycles. The molecule has 0 unspecified atom stereocenters. The summed E-state index contributed by atoms with van der Waals surface area (Å²) in [6.07, 6.45) is 2.07. The van der Waals surface area contributed by atoms with Crippen molar-refractivity contribution in [3.63, 3.8) is 0 Å². The summed E-state index contributed by atoms with van der Waals surface area (Å²) in [5.74, 6) is 0.0899. The Hall–Kier alpha value is -1.57. The van der Waals surface area contributed by atoms with Crippen molar-refractivity contribution >= 4 is 11.5 Å². The Kier molecular flexibility index (Phi) is 4.10. The van der Waals surface area contributed by atoms with Gasteiger partial charge in [-0.15, -0.1) is 0 Å². The summed E-state index contributed by atoms with van der Waals surface area (Å²) in [5.41, 5.74) is 2.40. The minimum Gasteiger partial charge on any atom is -0.342 e. The summed E-state index contributed by atoms with van der Waals surface area (Å²) >= 11 is 0. The van der Waals surface area contributed by atoms with Crippen molar-refractivity contribution in [3.8, 4) is 0 Å². The molecule has 0 fully saturated rings. The van der Waals surface area contributed by atoms with E-state index < -0.39 is 0 Å². The van der Waals surface area contributed by atoms with Crippen LogP contribution in [0.15, 0.2) is 36.4 Å². The second-order valence-electron chi connectivity index (χ2n) is 3.65. The maximum Gasteiger partial charge on any atom is 0.219 e. The van der Waals surface area contributed by atoms with Crippen LogP contribution in [0.25, 0.3) is 5.57 Å². The number of benzene rings is 1. The molecule has 0 radical (unpaired) electrons. The van der Waals surface area contributed by atoms with E-state index in [0.717, 1.165) is 0 Å². The molecule has 1 aromatic rings. The van der Waals surface area contributed by atoms with E-state index in [9.17, 15) is 4.79 Å². The summed E-state index contributed by atoms with van der Waals surface area (Å²) in [6, 6.07) is 10.2. The quantitative estimate of drug-likeness (QED) is 0.739. The Morgan fingerprint density at radius 1 is 1.27 bits per heavy atom. The van der Waals surface area contributed by atoms with Crippen LogP contribution >= 0.6 is 0 Å². The van der Waals surface area contributed by atoms with Crippen molar-refractivity contribution in [2.24, 2.45) is 0 Å². The van der Waals surface area contributed by atoms with Gasteiger partial charge < -0.3 is 4.90 Å². The highest BCUT2D eigenvalue weighted by atomic mass is 16.2. The van der Waals surface area contributed by atoms with Gasteiger partial charge in [0.1, 0.15) is 0 Å². The van der Waals surface area contributed by atoms with E-state index in [1.54, 1.807) is 18.9 Å². The third kappa shape index (κ3) is 3.58. The van der Waals surface area contributed by atoms with E-state index in [4.69, 9.17) is 0 Å². The van der Waals surface area contributed by atoms with Gasteiger partial charge in [-0.05, 0) is 18.1 Å². The standard InChI is InChI=1S/C13H17NO/c1-11(9-10-14(3)12(2)15)13-7-5-4-6-8-13/h4-9H,10H2,1-3H3/b11-9+. The van der Waals surface area contributed by atoms with Gasteiger partial charge in [-0.25, -0.2) is 0 Å². The molecule has 0 aliphatic carbocycles. The van der Waals surface area contributed by atoms with E-state index in [2.05, 4.69) is 25.1 Å². The van der Waals surface area contributed by atoms with Crippen LogP contribution in [0.4, 0.5) is 0 Å². The zero-order chi connectivity index (χ0) is 11.3. The molecule has 1 amide bonds. The van der Waals surface area contributed by atoms with Crippen LogP contribution in [0.1, 0.15) is 19.4 Å². The molecular weight excluding hydrogens is 186 g/mol. The SMILES string of the molecule is CC(=O)N(C)C/C=C(\C)c1ccccc1. The first kappa shape index (κ1) is 11.5. The molecular formula is C13H17NO. The molecule has 0 bridgehead atoms. The molecule has 0 aliphatic heterocycles. The second kappa shape index (κ2) is 5.35. The lowest BCUT2D eigenvalue weighted by atomic mass is 10.1. The van der Waals surface area contributed by atoms with Gasteiger partial charge in [-0.2, -0.15) is 0 Å². The van der Waals surface area contributed by atoms with E-state index in [-0.39, 0.29) is 5.91 Å². The van der Waals surface area contributed by atoms with Gasteiger partial charge in [0, 0.05) is 20.5 Å². The molecule has 0 atom stereocenters. The average Bonchev–Trinajstić information content (AvgIpc) is 2.26. The van der Waals surface area contributed by atoms with Crippen LogP contribution in [0, 0.1) is 0 Å². The van der Waals surface area contributed by atoms with E-state index in [1.807, 2.05) is 18.2 Å². The van der Waals surface area contributed by atoms with Crippen molar-refractivity contribution in [2.45, 2.75) is 13.8 Å². The molecule has 15 heavy (non-hydrogen) atoms. The van der Waals surface area contributed by atoms with Gasteiger partial charge in [0.05, 0.1) is 0 Å². The molecule has 2 heteroatoms. The molecule has 0 spiro atoms. The van der Waals surface area contributed by atoms with Crippen molar-refractivity contribution in [1.29, 1.82) is 0 Å². The lowest BCUT2D eigenvalue weighted by Gasteiger charge is -2.12. The van der Waals surface area contributed by atoms with Crippen LogP contribution < -0.4 is 0 Å². The molecule has 2 nitrogen and oxygen atoms in total. The fraction of sp³-hybridized carbons (Fsp3) is 0.308. The fourth-order valence-electron chi connectivity index (χ4n) is 1.22. The Morgan fingerprint density at radius 3 is 2.40 bits per heavy atom. The van der Waals surface area contributed by atoms with Crippen LogP contribution in [0.5, 0.6) is 0 Å². The Labute approximate surface area is 91.2 Å². The zero-order valence-electron chi connectivity index (χ0n) is 9.53. The first-order valence-corrected chi connectivity index (χ1v) is 5.05. The van der Waals surface area contributed by atoms with Gasteiger partial charge in [0.15, 0.2) is 0 Å². The highest BCUT2D eigenvalue weighted by molar-refractivity contribution is 5.73. The number of hydrogen-bond acceptors (Lipinski definition) is 1. The highest BCUT2D eigenvalue weighted by Crippen LogP contribution is 2.12. The largest absolute Gasteiger partial charge is 0.342 e. The smallest absolute Gasteiger partial charge is 0.219 e. The first-order chi connectivity index (χ1) is 7.11. The molecule has 0 N–H and O–H groups in total. The summed E-state index contributed by atoms with van der Waals surface area (Å²) in [5, 5.41) is 0. The molecule has 1 rings (SSSR count). The number of amides is 1. The molecule has 0 saturated heterocycles. The Morgan fingerprint density at radius 2 is 1.87 bits per heavy atom. The number of nitrogens with zero attached hydrogens (tertiary/aromatic N) is 1. The normalized spacial score (nSPS) is 11.3. The van der Waals surface area contributed by atoms with E-state index in [0.29, 0.717) is 6.54 Å². The second-order valence-corrected chi connectivity index (χ2v) is 3.65. The fourth-order valence-corrected chi connectivity index (χ4v) is 1.22. The predicted molar refractivity (Wildman–Crippen MR) is 63.4 cm³/mol. The summed E-state index contributed by atoms with van der Waals surface area (Å²) in [6.45, 7) is 4.30. The zero-order valence-corrected chi connectivity index (χ0v) is 9.53. The number of rotatable bonds is 3. The lowest BCUT2D eigenvalue weighted by molar-refractivity contribution is -0.127. The third-order valence-electron chi connectivity index (χ3n) is 2.44. The van der Waals surface area contributed by atoms with Gasteiger partial charge >= 0.3 is 0 Å². The maximum absolute atomic E-state index is 11.0. The van der Waals surface area contributed by atoms with Gasteiger partial charge in [-0.3, -0.25) is 4.79 Å². The molecule has 0 aliphatic rings. The number of allylic oxidation sites excluding steroid dienone is 1. The van der Waals surface area contributed by atoms with Crippen LogP contribution in [-0.2, 0) is 4.79 Å².